The summed E-state index contributed by atoms with van der Waals surface area (Å²) in [6.45, 7) is 4.06. The number of aliphatic hydroxyl groups excluding tert-OH is 1. The third-order valence-electron chi connectivity index (χ3n) is 3.93. The Morgan fingerprint density at radius 1 is 1.20 bits per heavy atom. The van der Waals surface area contributed by atoms with Gasteiger partial charge in [-0.1, -0.05) is 0 Å². The van der Waals surface area contributed by atoms with E-state index in [0.717, 1.165) is 44.8 Å². The summed E-state index contributed by atoms with van der Waals surface area (Å²) in [6, 6.07) is 0.856. The van der Waals surface area contributed by atoms with E-state index >= 15 is 0 Å². The van der Waals surface area contributed by atoms with Gasteiger partial charge in [-0.3, -0.25) is 0 Å². The van der Waals surface area contributed by atoms with Gasteiger partial charge in [-0.15, -0.1) is 0 Å². The van der Waals surface area contributed by atoms with Gasteiger partial charge in [0, 0.05) is 25.3 Å². The maximum Gasteiger partial charge on any atom is 0.0693 e. The fourth-order valence-corrected chi connectivity index (χ4v) is 2.82. The summed E-state index contributed by atoms with van der Waals surface area (Å²) in [5.41, 5.74) is 0. The Kier molecular flexibility index (Phi) is 4.00. The van der Waals surface area contributed by atoms with E-state index in [1.165, 1.54) is 6.42 Å². The van der Waals surface area contributed by atoms with Crippen molar-refractivity contribution >= 4 is 0 Å². The first-order valence-corrected chi connectivity index (χ1v) is 6.29. The summed E-state index contributed by atoms with van der Waals surface area (Å²) in [5.74, 6) is 0.728. The van der Waals surface area contributed by atoms with Crippen LogP contribution in [0.15, 0.2) is 0 Å². The zero-order valence-corrected chi connectivity index (χ0v) is 9.61. The van der Waals surface area contributed by atoms with Crippen LogP contribution < -0.4 is 5.32 Å². The molecule has 0 aromatic carbocycles. The molecule has 15 heavy (non-hydrogen) atoms. The fourth-order valence-electron chi connectivity index (χ4n) is 2.82. The van der Waals surface area contributed by atoms with Crippen molar-refractivity contribution < 1.29 is 9.84 Å². The Bertz CT molecular complexity index is 192. The van der Waals surface area contributed by atoms with E-state index in [-0.39, 0.29) is 6.10 Å². The first-order valence-electron chi connectivity index (χ1n) is 6.29. The molecule has 3 atom stereocenters. The van der Waals surface area contributed by atoms with Crippen LogP contribution >= 0.6 is 0 Å². The van der Waals surface area contributed by atoms with Crippen molar-refractivity contribution in [3.63, 3.8) is 0 Å². The lowest BCUT2D eigenvalue weighted by Crippen LogP contribution is -2.45. The number of ether oxygens (including phenoxy) is 1. The standard InChI is InChI=1S/C12H23NO2/c1-9(10-5-7-15-8-6-10)13-11-3-2-4-12(11)14/h9-14H,2-8H2,1H3/t9?,11-,12-/m0/s1. The summed E-state index contributed by atoms with van der Waals surface area (Å²) < 4.78 is 5.36. The monoisotopic (exact) mass is 213 g/mol. The van der Waals surface area contributed by atoms with E-state index in [4.69, 9.17) is 4.74 Å². The number of aliphatic hydroxyl groups is 1. The Hall–Kier alpha value is -0.120. The van der Waals surface area contributed by atoms with Gasteiger partial charge in [0.1, 0.15) is 0 Å². The van der Waals surface area contributed by atoms with Gasteiger partial charge in [0.25, 0.3) is 0 Å². The summed E-state index contributed by atoms with van der Waals surface area (Å²) in [5, 5.41) is 13.3. The number of rotatable bonds is 3. The molecule has 1 heterocycles. The van der Waals surface area contributed by atoms with E-state index in [1.54, 1.807) is 0 Å². The molecule has 1 saturated carbocycles. The van der Waals surface area contributed by atoms with Crippen molar-refractivity contribution in [3.8, 4) is 0 Å². The predicted molar refractivity (Wildman–Crippen MR) is 59.8 cm³/mol. The average Bonchev–Trinajstić information content (AvgIpc) is 2.66. The number of nitrogens with one attached hydrogen (secondary N) is 1. The molecule has 0 aromatic rings. The Morgan fingerprint density at radius 2 is 1.93 bits per heavy atom. The molecule has 0 bridgehead atoms. The molecule has 2 rings (SSSR count). The summed E-state index contributed by atoms with van der Waals surface area (Å²) in [6.07, 6.45) is 5.48. The van der Waals surface area contributed by atoms with E-state index in [0.29, 0.717) is 12.1 Å². The highest BCUT2D eigenvalue weighted by atomic mass is 16.5. The quantitative estimate of drug-likeness (QED) is 0.742. The van der Waals surface area contributed by atoms with Crippen LogP contribution in [0.25, 0.3) is 0 Å². The topological polar surface area (TPSA) is 41.5 Å². The van der Waals surface area contributed by atoms with Crippen LogP contribution in [-0.2, 0) is 4.74 Å². The second-order valence-corrected chi connectivity index (χ2v) is 5.01. The molecular weight excluding hydrogens is 190 g/mol. The Balaban J connectivity index is 1.77. The highest BCUT2D eigenvalue weighted by molar-refractivity contribution is 4.86. The van der Waals surface area contributed by atoms with Crippen LogP contribution in [-0.4, -0.2) is 36.5 Å². The van der Waals surface area contributed by atoms with E-state index in [2.05, 4.69) is 12.2 Å². The van der Waals surface area contributed by atoms with E-state index in [1.807, 2.05) is 0 Å². The van der Waals surface area contributed by atoms with Gasteiger partial charge in [0.05, 0.1) is 6.10 Å². The lowest BCUT2D eigenvalue weighted by Gasteiger charge is -2.31. The molecule has 1 aliphatic carbocycles. The lowest BCUT2D eigenvalue weighted by molar-refractivity contribution is 0.0504. The fraction of sp³-hybridized carbons (Fsp3) is 1.00. The first-order chi connectivity index (χ1) is 7.27. The minimum atomic E-state index is -0.118. The second-order valence-electron chi connectivity index (χ2n) is 5.01. The zero-order valence-electron chi connectivity index (χ0n) is 9.61. The number of hydrogen-bond donors (Lipinski definition) is 2. The molecule has 0 aromatic heterocycles. The van der Waals surface area contributed by atoms with Crippen molar-refractivity contribution in [2.75, 3.05) is 13.2 Å². The first kappa shape index (κ1) is 11.4. The van der Waals surface area contributed by atoms with Crippen LogP contribution in [0, 0.1) is 5.92 Å². The molecule has 3 heteroatoms. The molecule has 0 amide bonds. The molecule has 1 saturated heterocycles. The minimum absolute atomic E-state index is 0.118. The molecule has 2 fully saturated rings. The molecule has 88 valence electrons. The van der Waals surface area contributed by atoms with E-state index in [9.17, 15) is 5.11 Å². The molecule has 1 unspecified atom stereocenters. The predicted octanol–water partition coefficient (Wildman–Crippen LogP) is 1.30. The summed E-state index contributed by atoms with van der Waals surface area (Å²) in [4.78, 5) is 0. The normalized spacial score (nSPS) is 35.6. The van der Waals surface area contributed by atoms with Crippen LogP contribution in [0.1, 0.15) is 39.0 Å². The molecule has 0 spiro atoms. The summed E-state index contributed by atoms with van der Waals surface area (Å²) in [7, 11) is 0. The molecule has 1 aliphatic heterocycles. The number of hydrogen-bond acceptors (Lipinski definition) is 3. The molecular formula is C12H23NO2. The van der Waals surface area contributed by atoms with Gasteiger partial charge >= 0.3 is 0 Å². The van der Waals surface area contributed by atoms with Gasteiger partial charge in [0.2, 0.25) is 0 Å². The largest absolute Gasteiger partial charge is 0.392 e. The Labute approximate surface area is 92.2 Å². The van der Waals surface area contributed by atoms with Crippen molar-refractivity contribution in [3.05, 3.63) is 0 Å². The third kappa shape index (κ3) is 2.92. The zero-order chi connectivity index (χ0) is 10.7. The average molecular weight is 213 g/mol. The maximum absolute atomic E-state index is 9.75. The van der Waals surface area contributed by atoms with Crippen molar-refractivity contribution in [2.45, 2.75) is 57.2 Å². The van der Waals surface area contributed by atoms with Crippen LogP contribution in [0.5, 0.6) is 0 Å². The molecule has 2 N–H and O–H groups in total. The second kappa shape index (κ2) is 5.28. The van der Waals surface area contributed by atoms with Gasteiger partial charge in [-0.2, -0.15) is 0 Å². The SMILES string of the molecule is CC(N[C@H]1CCC[C@@H]1O)C1CCOCC1. The smallest absolute Gasteiger partial charge is 0.0693 e. The third-order valence-corrected chi connectivity index (χ3v) is 3.93. The van der Waals surface area contributed by atoms with Crippen molar-refractivity contribution in [2.24, 2.45) is 5.92 Å². The highest BCUT2D eigenvalue weighted by Gasteiger charge is 2.29. The van der Waals surface area contributed by atoms with Crippen molar-refractivity contribution in [1.82, 2.24) is 5.32 Å². The maximum atomic E-state index is 9.75. The Morgan fingerprint density at radius 3 is 2.53 bits per heavy atom. The van der Waals surface area contributed by atoms with Crippen LogP contribution in [0.3, 0.4) is 0 Å². The summed E-state index contributed by atoms with van der Waals surface area (Å²) >= 11 is 0. The minimum Gasteiger partial charge on any atom is -0.392 e. The van der Waals surface area contributed by atoms with Crippen molar-refractivity contribution in [1.29, 1.82) is 0 Å². The van der Waals surface area contributed by atoms with Gasteiger partial charge in [-0.25, -0.2) is 0 Å². The molecule has 2 aliphatic rings. The lowest BCUT2D eigenvalue weighted by atomic mass is 9.92. The molecule has 0 radical (unpaired) electrons. The van der Waals surface area contributed by atoms with Gasteiger partial charge in [0.15, 0.2) is 0 Å². The van der Waals surface area contributed by atoms with Crippen LogP contribution in [0.4, 0.5) is 0 Å². The van der Waals surface area contributed by atoms with E-state index < -0.39 is 0 Å². The van der Waals surface area contributed by atoms with Gasteiger partial charge in [-0.05, 0) is 44.9 Å². The van der Waals surface area contributed by atoms with Crippen LogP contribution in [0.2, 0.25) is 0 Å². The van der Waals surface area contributed by atoms with Gasteiger partial charge < -0.3 is 15.2 Å². The highest BCUT2D eigenvalue weighted by Crippen LogP contribution is 2.23. The molecule has 3 nitrogen and oxygen atoms in total.